The Morgan fingerprint density at radius 3 is 2.57 bits per heavy atom. The van der Waals surface area contributed by atoms with Crippen molar-refractivity contribution in [2.75, 3.05) is 26.2 Å². The maximum Gasteiger partial charge on any atom is 0.119 e. The first kappa shape index (κ1) is 16.3. The molecule has 0 aromatic heterocycles. The van der Waals surface area contributed by atoms with Crippen molar-refractivity contribution in [3.63, 3.8) is 0 Å². The highest BCUT2D eigenvalue weighted by molar-refractivity contribution is 5.32. The predicted molar refractivity (Wildman–Crippen MR) is 83.6 cm³/mol. The van der Waals surface area contributed by atoms with Gasteiger partial charge in [-0.1, -0.05) is 13.0 Å². The van der Waals surface area contributed by atoms with Gasteiger partial charge in [-0.05, 0) is 56.0 Å². The third-order valence-corrected chi connectivity index (χ3v) is 4.11. The number of nitrogens with zero attached hydrogens (tertiary/aromatic N) is 1. The van der Waals surface area contributed by atoms with Crippen LogP contribution in [0.15, 0.2) is 18.2 Å². The van der Waals surface area contributed by atoms with Gasteiger partial charge in [-0.25, -0.2) is 0 Å². The molecule has 3 unspecified atom stereocenters. The number of rotatable bonds is 5. The van der Waals surface area contributed by atoms with Gasteiger partial charge in [0.2, 0.25) is 0 Å². The number of piperidine rings is 1. The van der Waals surface area contributed by atoms with Gasteiger partial charge in [0.25, 0.3) is 0 Å². The van der Waals surface area contributed by atoms with Crippen molar-refractivity contribution in [1.29, 1.82) is 0 Å². The number of aliphatic hydroxyl groups excluding tert-OH is 2. The van der Waals surface area contributed by atoms with E-state index < -0.39 is 6.10 Å². The molecule has 1 aliphatic rings. The fraction of sp³-hybridized carbons (Fsp3) is 0.647. The molecule has 2 N–H and O–H groups in total. The Hall–Kier alpha value is -1.10. The highest BCUT2D eigenvalue weighted by atomic mass is 16.5. The van der Waals surface area contributed by atoms with E-state index in [9.17, 15) is 10.2 Å². The van der Waals surface area contributed by atoms with Gasteiger partial charge in [0.05, 0.1) is 6.10 Å². The quantitative estimate of drug-likeness (QED) is 0.868. The maximum absolute atomic E-state index is 10.1. The van der Waals surface area contributed by atoms with Gasteiger partial charge in [-0.3, -0.25) is 4.90 Å². The first-order valence-corrected chi connectivity index (χ1v) is 7.73. The third kappa shape index (κ3) is 4.99. The SMILES string of the molecule is Cc1cc(C)cc(OCC(O)CN2CCC(C)C(O)C2)c1. The van der Waals surface area contributed by atoms with Crippen LogP contribution >= 0.6 is 0 Å². The standard InChI is InChI=1S/C17H27NO3/c1-12-6-13(2)8-16(7-12)21-11-15(19)9-18-5-4-14(3)17(20)10-18/h6-8,14-15,17,19-20H,4-5,9-11H2,1-3H3. The summed E-state index contributed by atoms with van der Waals surface area (Å²) >= 11 is 0. The highest BCUT2D eigenvalue weighted by Gasteiger charge is 2.25. The molecule has 0 aliphatic carbocycles. The number of ether oxygens (including phenoxy) is 1. The Kier molecular flexibility index (Phi) is 5.62. The molecule has 118 valence electrons. The summed E-state index contributed by atoms with van der Waals surface area (Å²) in [6.45, 7) is 8.54. The van der Waals surface area contributed by atoms with Crippen molar-refractivity contribution in [3.05, 3.63) is 29.3 Å². The van der Waals surface area contributed by atoms with E-state index in [1.807, 2.05) is 26.0 Å². The summed E-state index contributed by atoms with van der Waals surface area (Å²) in [6, 6.07) is 6.05. The average molecular weight is 293 g/mol. The van der Waals surface area contributed by atoms with E-state index in [1.165, 1.54) is 0 Å². The number of hydrogen-bond donors (Lipinski definition) is 2. The minimum Gasteiger partial charge on any atom is -0.491 e. The molecule has 0 spiro atoms. The summed E-state index contributed by atoms with van der Waals surface area (Å²) in [5, 5.41) is 20.0. The molecule has 1 saturated heterocycles. The maximum atomic E-state index is 10.1. The summed E-state index contributed by atoms with van der Waals surface area (Å²) in [5.41, 5.74) is 2.32. The van der Waals surface area contributed by atoms with Crippen molar-refractivity contribution in [2.45, 2.75) is 39.4 Å². The Balaban J connectivity index is 1.78. The molecule has 0 amide bonds. The molecule has 1 aromatic carbocycles. The lowest BCUT2D eigenvalue weighted by Crippen LogP contribution is -2.46. The van der Waals surface area contributed by atoms with Crippen LogP contribution in [0, 0.1) is 19.8 Å². The van der Waals surface area contributed by atoms with Gasteiger partial charge in [0.1, 0.15) is 18.5 Å². The first-order valence-electron chi connectivity index (χ1n) is 7.73. The Morgan fingerprint density at radius 2 is 1.95 bits per heavy atom. The average Bonchev–Trinajstić information content (AvgIpc) is 2.40. The number of β-amino-alcohol motifs (C(OH)–C–C–N with tert-alkyl or cyclic N) is 2. The second-order valence-corrected chi connectivity index (χ2v) is 6.38. The minimum atomic E-state index is -0.536. The molecule has 21 heavy (non-hydrogen) atoms. The van der Waals surface area contributed by atoms with Crippen LogP contribution in [0.5, 0.6) is 5.75 Å². The summed E-state index contributed by atoms with van der Waals surface area (Å²) in [4.78, 5) is 2.11. The topological polar surface area (TPSA) is 52.9 Å². The van der Waals surface area contributed by atoms with Crippen LogP contribution in [-0.4, -0.2) is 53.6 Å². The molecule has 1 heterocycles. The molecule has 0 saturated carbocycles. The second kappa shape index (κ2) is 7.25. The first-order chi connectivity index (χ1) is 9.94. The van der Waals surface area contributed by atoms with Crippen molar-refractivity contribution < 1.29 is 14.9 Å². The van der Waals surface area contributed by atoms with Gasteiger partial charge in [0, 0.05) is 13.1 Å². The third-order valence-electron chi connectivity index (χ3n) is 4.11. The molecular formula is C17H27NO3. The van der Waals surface area contributed by atoms with Crippen LogP contribution < -0.4 is 4.74 Å². The van der Waals surface area contributed by atoms with Crippen LogP contribution in [0.1, 0.15) is 24.5 Å². The largest absolute Gasteiger partial charge is 0.491 e. The van der Waals surface area contributed by atoms with Gasteiger partial charge < -0.3 is 14.9 Å². The van der Waals surface area contributed by atoms with E-state index in [2.05, 4.69) is 17.9 Å². The second-order valence-electron chi connectivity index (χ2n) is 6.38. The predicted octanol–water partition coefficient (Wildman–Crippen LogP) is 1.75. The summed E-state index contributed by atoms with van der Waals surface area (Å²) in [7, 11) is 0. The zero-order valence-corrected chi connectivity index (χ0v) is 13.2. The van der Waals surface area contributed by atoms with Crippen molar-refractivity contribution in [3.8, 4) is 5.75 Å². The van der Waals surface area contributed by atoms with Crippen LogP contribution in [0.4, 0.5) is 0 Å². The van der Waals surface area contributed by atoms with Crippen LogP contribution in [0.3, 0.4) is 0 Å². The lowest BCUT2D eigenvalue weighted by molar-refractivity contribution is 0.000132. The van der Waals surface area contributed by atoms with Gasteiger partial charge in [-0.15, -0.1) is 0 Å². The smallest absolute Gasteiger partial charge is 0.119 e. The molecule has 0 bridgehead atoms. The molecule has 4 nitrogen and oxygen atoms in total. The lowest BCUT2D eigenvalue weighted by Gasteiger charge is -2.35. The molecule has 3 atom stereocenters. The fourth-order valence-corrected chi connectivity index (χ4v) is 2.84. The molecular weight excluding hydrogens is 266 g/mol. The Morgan fingerprint density at radius 1 is 1.29 bits per heavy atom. The summed E-state index contributed by atoms with van der Waals surface area (Å²) < 4.78 is 5.68. The van der Waals surface area contributed by atoms with Crippen molar-refractivity contribution >= 4 is 0 Å². The number of benzene rings is 1. The number of aryl methyl sites for hydroxylation is 2. The van der Waals surface area contributed by atoms with Gasteiger partial charge in [-0.2, -0.15) is 0 Å². The monoisotopic (exact) mass is 293 g/mol. The van der Waals surface area contributed by atoms with E-state index >= 15 is 0 Å². The van der Waals surface area contributed by atoms with E-state index in [0.717, 1.165) is 29.8 Å². The Bertz CT molecular complexity index is 443. The van der Waals surface area contributed by atoms with E-state index in [-0.39, 0.29) is 12.7 Å². The number of aliphatic hydroxyl groups is 2. The van der Waals surface area contributed by atoms with Crippen LogP contribution in [0.2, 0.25) is 0 Å². The molecule has 1 aliphatic heterocycles. The summed E-state index contributed by atoms with van der Waals surface area (Å²) in [6.07, 6.45) is 0.156. The molecule has 1 aromatic rings. The fourth-order valence-electron chi connectivity index (χ4n) is 2.84. The van der Waals surface area contributed by atoms with Gasteiger partial charge in [0.15, 0.2) is 0 Å². The zero-order chi connectivity index (χ0) is 15.4. The van der Waals surface area contributed by atoms with E-state index in [1.54, 1.807) is 0 Å². The molecule has 1 fully saturated rings. The molecule has 0 radical (unpaired) electrons. The van der Waals surface area contributed by atoms with Crippen LogP contribution in [-0.2, 0) is 0 Å². The zero-order valence-electron chi connectivity index (χ0n) is 13.2. The van der Waals surface area contributed by atoms with Crippen LogP contribution in [0.25, 0.3) is 0 Å². The minimum absolute atomic E-state index is 0.283. The molecule has 2 rings (SSSR count). The van der Waals surface area contributed by atoms with Crippen molar-refractivity contribution in [1.82, 2.24) is 4.90 Å². The lowest BCUT2D eigenvalue weighted by atomic mass is 9.96. The summed E-state index contributed by atoms with van der Waals surface area (Å²) in [5.74, 6) is 1.16. The van der Waals surface area contributed by atoms with Gasteiger partial charge >= 0.3 is 0 Å². The normalized spacial score (nSPS) is 24.8. The number of hydrogen-bond acceptors (Lipinski definition) is 4. The van der Waals surface area contributed by atoms with E-state index in [4.69, 9.17) is 4.74 Å². The molecule has 4 heteroatoms. The number of likely N-dealkylation sites (tertiary alicyclic amines) is 1. The van der Waals surface area contributed by atoms with Crippen molar-refractivity contribution in [2.24, 2.45) is 5.92 Å². The van der Waals surface area contributed by atoms with E-state index in [0.29, 0.717) is 19.0 Å². The Labute approximate surface area is 127 Å². The highest BCUT2D eigenvalue weighted by Crippen LogP contribution is 2.18.